The molecule has 3 aromatic heterocycles. The molecule has 1 aliphatic heterocycles. The number of fused-ring (bicyclic) bond motifs is 1. The van der Waals surface area contributed by atoms with Gasteiger partial charge in [-0.1, -0.05) is 6.58 Å². The molecule has 4 heterocycles. The Hall–Kier alpha value is -3.43. The molecule has 1 aliphatic rings. The molecule has 0 saturated carbocycles. The molecule has 0 aliphatic carbocycles. The summed E-state index contributed by atoms with van der Waals surface area (Å²) in [5, 5.41) is 10.5. The van der Waals surface area contributed by atoms with E-state index in [1.165, 1.54) is 6.08 Å². The van der Waals surface area contributed by atoms with Crippen LogP contribution in [0.25, 0.3) is 11.2 Å². The van der Waals surface area contributed by atoms with Gasteiger partial charge in [0.25, 0.3) is 0 Å². The second-order valence-corrected chi connectivity index (χ2v) is 7.46. The predicted molar refractivity (Wildman–Crippen MR) is 111 cm³/mol. The lowest BCUT2D eigenvalue weighted by atomic mass is 10.2. The number of carbonyl (C=O) groups is 1. The van der Waals surface area contributed by atoms with Gasteiger partial charge in [0.2, 0.25) is 11.9 Å². The van der Waals surface area contributed by atoms with Gasteiger partial charge in [0, 0.05) is 38.4 Å². The van der Waals surface area contributed by atoms with Crippen molar-refractivity contribution in [1.82, 2.24) is 34.6 Å². The van der Waals surface area contributed by atoms with E-state index >= 15 is 0 Å². The van der Waals surface area contributed by atoms with Gasteiger partial charge in [0.15, 0.2) is 17.0 Å². The average Bonchev–Trinajstić information content (AvgIpc) is 3.41. The third-order valence-electron chi connectivity index (χ3n) is 4.94. The zero-order valence-electron chi connectivity index (χ0n) is 16.8. The molecule has 1 fully saturated rings. The molecule has 10 heteroatoms. The maximum absolute atomic E-state index is 11.6. The Balaban J connectivity index is 1.69. The second-order valence-electron chi connectivity index (χ2n) is 7.46. The molecule has 0 spiro atoms. The third-order valence-corrected chi connectivity index (χ3v) is 4.94. The second kappa shape index (κ2) is 7.53. The zero-order valence-corrected chi connectivity index (χ0v) is 16.8. The van der Waals surface area contributed by atoms with Crippen LogP contribution in [0.3, 0.4) is 0 Å². The van der Waals surface area contributed by atoms with Crippen molar-refractivity contribution in [2.75, 3.05) is 23.3 Å². The Morgan fingerprint density at radius 3 is 2.90 bits per heavy atom. The lowest BCUT2D eigenvalue weighted by Crippen LogP contribution is -2.36. The fourth-order valence-corrected chi connectivity index (χ4v) is 3.45. The third kappa shape index (κ3) is 3.78. The standard InChI is InChI=1S/C19H25N9O/c1-5-15(29)22-13-6-7-27(10-13)19-24-17(23-14-8-21-26(4)9-14)16-18(25-19)28(11-20-16)12(2)3/h5,8-9,11-13H,1,6-7,10H2,2-4H3,(H,22,29)(H,23,24,25). The number of aryl methyl sites for hydroxylation is 1. The number of amides is 1. The number of nitrogens with one attached hydrogen (secondary N) is 2. The van der Waals surface area contributed by atoms with Crippen LogP contribution in [0.15, 0.2) is 31.4 Å². The van der Waals surface area contributed by atoms with Gasteiger partial charge in [-0.25, -0.2) is 4.98 Å². The smallest absolute Gasteiger partial charge is 0.243 e. The molecule has 0 bridgehead atoms. The van der Waals surface area contributed by atoms with Crippen molar-refractivity contribution in [3.8, 4) is 0 Å². The summed E-state index contributed by atoms with van der Waals surface area (Å²) in [6.45, 7) is 9.10. The van der Waals surface area contributed by atoms with Gasteiger partial charge in [-0.15, -0.1) is 0 Å². The minimum Gasteiger partial charge on any atom is -0.348 e. The van der Waals surface area contributed by atoms with Gasteiger partial charge in [-0.2, -0.15) is 15.1 Å². The fourth-order valence-electron chi connectivity index (χ4n) is 3.45. The summed E-state index contributed by atoms with van der Waals surface area (Å²) in [4.78, 5) is 27.8. The molecule has 152 valence electrons. The van der Waals surface area contributed by atoms with Crippen LogP contribution in [-0.2, 0) is 11.8 Å². The number of carbonyl (C=O) groups excluding carboxylic acids is 1. The Morgan fingerprint density at radius 1 is 1.38 bits per heavy atom. The number of imidazole rings is 1. The van der Waals surface area contributed by atoms with Gasteiger partial charge < -0.3 is 20.1 Å². The molecule has 1 saturated heterocycles. The van der Waals surface area contributed by atoms with Gasteiger partial charge in [-0.3, -0.25) is 9.48 Å². The molecule has 0 aromatic carbocycles. The van der Waals surface area contributed by atoms with E-state index in [4.69, 9.17) is 9.97 Å². The predicted octanol–water partition coefficient (Wildman–Crippen LogP) is 1.77. The average molecular weight is 395 g/mol. The topological polar surface area (TPSA) is 106 Å². The quantitative estimate of drug-likeness (QED) is 0.613. The van der Waals surface area contributed by atoms with Gasteiger partial charge in [-0.05, 0) is 26.3 Å². The first kappa shape index (κ1) is 18.9. The largest absolute Gasteiger partial charge is 0.348 e. The molecule has 10 nitrogen and oxygen atoms in total. The molecule has 1 amide bonds. The zero-order chi connectivity index (χ0) is 20.5. The van der Waals surface area contributed by atoms with Gasteiger partial charge >= 0.3 is 0 Å². The molecule has 3 aromatic rings. The number of nitrogens with zero attached hydrogens (tertiary/aromatic N) is 7. The summed E-state index contributed by atoms with van der Waals surface area (Å²) in [6.07, 6.45) is 7.53. The normalized spacial score (nSPS) is 16.6. The van der Waals surface area contributed by atoms with Crippen molar-refractivity contribution in [3.05, 3.63) is 31.4 Å². The first-order valence-electron chi connectivity index (χ1n) is 9.62. The van der Waals surface area contributed by atoms with E-state index < -0.39 is 0 Å². The SMILES string of the molecule is C=CC(=O)NC1CCN(c2nc(Nc3cnn(C)c3)c3ncn(C(C)C)c3n2)C1. The molecule has 4 rings (SSSR count). The fraction of sp³-hybridized carbons (Fsp3) is 0.421. The Labute approximate surface area is 168 Å². The van der Waals surface area contributed by atoms with Crippen LogP contribution in [0.1, 0.15) is 26.3 Å². The first-order chi connectivity index (χ1) is 13.9. The van der Waals surface area contributed by atoms with Crippen molar-refractivity contribution in [2.45, 2.75) is 32.4 Å². The van der Waals surface area contributed by atoms with E-state index in [-0.39, 0.29) is 18.0 Å². The van der Waals surface area contributed by atoms with Crippen molar-refractivity contribution in [3.63, 3.8) is 0 Å². The Kier molecular flexibility index (Phi) is 4.91. The Morgan fingerprint density at radius 2 is 2.21 bits per heavy atom. The number of anilines is 3. The lowest BCUT2D eigenvalue weighted by Gasteiger charge is -2.18. The lowest BCUT2D eigenvalue weighted by molar-refractivity contribution is -0.117. The van der Waals surface area contributed by atoms with Crippen molar-refractivity contribution in [1.29, 1.82) is 0 Å². The minimum absolute atomic E-state index is 0.0459. The number of hydrogen-bond acceptors (Lipinski definition) is 7. The maximum atomic E-state index is 11.6. The molecule has 2 N–H and O–H groups in total. The molecule has 29 heavy (non-hydrogen) atoms. The molecular weight excluding hydrogens is 370 g/mol. The van der Waals surface area contributed by atoms with Crippen molar-refractivity contribution < 1.29 is 4.79 Å². The van der Waals surface area contributed by atoms with Crippen molar-refractivity contribution >= 4 is 34.5 Å². The minimum atomic E-state index is -0.162. The van der Waals surface area contributed by atoms with Crippen molar-refractivity contribution in [2.24, 2.45) is 7.05 Å². The highest BCUT2D eigenvalue weighted by Crippen LogP contribution is 2.28. The van der Waals surface area contributed by atoms with Crippen LogP contribution in [0.4, 0.5) is 17.5 Å². The van der Waals surface area contributed by atoms with E-state index in [1.54, 1.807) is 17.2 Å². The number of aromatic nitrogens is 6. The number of rotatable bonds is 6. The van der Waals surface area contributed by atoms with Crippen LogP contribution in [0.5, 0.6) is 0 Å². The molecule has 0 radical (unpaired) electrons. The van der Waals surface area contributed by atoms with Crippen LogP contribution >= 0.6 is 0 Å². The van der Waals surface area contributed by atoms with Crippen LogP contribution in [0.2, 0.25) is 0 Å². The van der Waals surface area contributed by atoms with Gasteiger partial charge in [0.1, 0.15) is 0 Å². The van der Waals surface area contributed by atoms with Crippen LogP contribution < -0.4 is 15.5 Å². The van der Waals surface area contributed by atoms with E-state index in [1.807, 2.05) is 17.8 Å². The Bertz CT molecular complexity index is 1050. The maximum Gasteiger partial charge on any atom is 0.243 e. The first-order valence-corrected chi connectivity index (χ1v) is 9.62. The van der Waals surface area contributed by atoms with E-state index in [2.05, 4.69) is 46.0 Å². The summed E-state index contributed by atoms with van der Waals surface area (Å²) in [5.74, 6) is 1.09. The molecule has 1 unspecified atom stereocenters. The van der Waals surface area contributed by atoms with E-state index in [0.717, 1.165) is 24.3 Å². The molecular formula is C19H25N9O. The van der Waals surface area contributed by atoms with Crippen LogP contribution in [0, 0.1) is 0 Å². The van der Waals surface area contributed by atoms with E-state index in [9.17, 15) is 4.79 Å². The van der Waals surface area contributed by atoms with E-state index in [0.29, 0.717) is 23.8 Å². The summed E-state index contributed by atoms with van der Waals surface area (Å²) < 4.78 is 3.75. The summed E-state index contributed by atoms with van der Waals surface area (Å²) in [6, 6.07) is 0.261. The highest BCUT2D eigenvalue weighted by Gasteiger charge is 2.27. The summed E-state index contributed by atoms with van der Waals surface area (Å²) in [5.41, 5.74) is 2.31. The highest BCUT2D eigenvalue weighted by atomic mass is 16.1. The summed E-state index contributed by atoms with van der Waals surface area (Å²) in [7, 11) is 1.86. The molecule has 1 atom stereocenters. The summed E-state index contributed by atoms with van der Waals surface area (Å²) >= 11 is 0. The highest BCUT2D eigenvalue weighted by molar-refractivity contribution is 5.87. The monoisotopic (exact) mass is 395 g/mol. The van der Waals surface area contributed by atoms with Gasteiger partial charge in [0.05, 0.1) is 18.2 Å². The number of hydrogen-bond donors (Lipinski definition) is 2. The van der Waals surface area contributed by atoms with Crippen LogP contribution in [-0.4, -0.2) is 54.3 Å².